The monoisotopic (exact) mass is 395 g/mol. The number of nitrogens with zero attached hydrogens (tertiary/aromatic N) is 3. The van der Waals surface area contributed by atoms with Crippen molar-refractivity contribution in [1.82, 2.24) is 14.5 Å². The number of carbonyl (C=O) groups excluding carboxylic acids is 1. The number of unbranched alkanes of at least 4 members (excludes halogenated alkanes) is 1. The van der Waals surface area contributed by atoms with E-state index in [1.165, 1.54) is 16.6 Å². The Morgan fingerprint density at radius 1 is 1.32 bits per heavy atom. The maximum Gasteiger partial charge on any atom is 0.330 e. The number of aromatic nitrogens is 2. The molecule has 0 bridgehead atoms. The largest absolute Gasteiger partial charge is 0.383 e. The fraction of sp³-hybridized carbons (Fsp3) is 0.737. The van der Waals surface area contributed by atoms with Gasteiger partial charge in [-0.05, 0) is 38.3 Å². The molecule has 1 aliphatic rings. The number of methoxy groups -OCH3 is 1. The number of aromatic amines is 1. The summed E-state index contributed by atoms with van der Waals surface area (Å²) in [5, 5.41) is 0. The molecule has 9 nitrogen and oxygen atoms in total. The number of nitrogens with two attached hydrogens (primary N) is 1. The highest BCUT2D eigenvalue weighted by molar-refractivity contribution is 5.96. The number of hydrogen-bond acceptors (Lipinski definition) is 6. The molecule has 0 aromatic carbocycles. The minimum absolute atomic E-state index is 0.0268. The van der Waals surface area contributed by atoms with Crippen molar-refractivity contribution < 1.29 is 9.53 Å². The lowest BCUT2D eigenvalue weighted by Gasteiger charge is -2.32. The lowest BCUT2D eigenvalue weighted by atomic mass is 9.99. The van der Waals surface area contributed by atoms with Crippen LogP contribution < -0.4 is 21.9 Å². The number of likely N-dealkylation sites (tertiary alicyclic amines) is 1. The van der Waals surface area contributed by atoms with Gasteiger partial charge in [0.25, 0.3) is 5.56 Å². The number of rotatable bonds is 9. The molecule has 2 rings (SSSR count). The Bertz CT molecular complexity index is 765. The molecule has 1 aromatic rings. The van der Waals surface area contributed by atoms with E-state index in [9.17, 15) is 14.4 Å². The topological polar surface area (TPSA) is 114 Å². The number of ether oxygens (including phenoxy) is 1. The number of carbonyl (C=O) groups is 1. The number of H-pyrrole nitrogens is 1. The molecule has 9 heteroatoms. The minimum atomic E-state index is -0.646. The van der Waals surface area contributed by atoms with Crippen molar-refractivity contribution in [3.63, 3.8) is 0 Å². The summed E-state index contributed by atoms with van der Waals surface area (Å²) in [6.07, 6.45) is 3.72. The molecule has 1 saturated heterocycles. The van der Waals surface area contributed by atoms with Gasteiger partial charge in [0.15, 0.2) is 5.69 Å². The molecule has 0 radical (unpaired) electrons. The van der Waals surface area contributed by atoms with E-state index in [4.69, 9.17) is 10.5 Å². The van der Waals surface area contributed by atoms with E-state index >= 15 is 0 Å². The predicted molar refractivity (Wildman–Crippen MR) is 110 cm³/mol. The summed E-state index contributed by atoms with van der Waals surface area (Å²) in [4.78, 5) is 43.5. The van der Waals surface area contributed by atoms with Crippen molar-refractivity contribution >= 4 is 17.4 Å². The SMILES string of the molecule is CCCCn1c(N)c(N(CCOC)C(=O)CN2CCC(C)CC2)c(=O)[nH]c1=O. The van der Waals surface area contributed by atoms with E-state index in [1.54, 1.807) is 0 Å². The zero-order valence-corrected chi connectivity index (χ0v) is 17.2. The zero-order valence-electron chi connectivity index (χ0n) is 17.2. The van der Waals surface area contributed by atoms with Gasteiger partial charge in [-0.2, -0.15) is 0 Å². The molecule has 158 valence electrons. The molecule has 1 amide bonds. The Balaban J connectivity index is 2.32. The van der Waals surface area contributed by atoms with Gasteiger partial charge in [-0.25, -0.2) is 4.79 Å². The molecular weight excluding hydrogens is 362 g/mol. The zero-order chi connectivity index (χ0) is 20.7. The van der Waals surface area contributed by atoms with Crippen LogP contribution >= 0.6 is 0 Å². The number of anilines is 2. The highest BCUT2D eigenvalue weighted by atomic mass is 16.5. The average Bonchev–Trinajstić information content (AvgIpc) is 2.65. The second kappa shape index (κ2) is 10.4. The Labute approximate surface area is 165 Å². The second-order valence-corrected chi connectivity index (χ2v) is 7.50. The molecular formula is C19H33N5O4. The molecule has 0 saturated carbocycles. The third kappa shape index (κ3) is 5.45. The third-order valence-corrected chi connectivity index (χ3v) is 5.27. The van der Waals surface area contributed by atoms with E-state index in [0.717, 1.165) is 38.8 Å². The van der Waals surface area contributed by atoms with Gasteiger partial charge in [-0.1, -0.05) is 20.3 Å². The number of hydrogen-bond donors (Lipinski definition) is 2. The second-order valence-electron chi connectivity index (χ2n) is 7.50. The fourth-order valence-corrected chi connectivity index (χ4v) is 3.42. The van der Waals surface area contributed by atoms with Gasteiger partial charge in [-0.3, -0.25) is 24.0 Å². The Morgan fingerprint density at radius 3 is 2.61 bits per heavy atom. The predicted octanol–water partition coefficient (Wildman–Crippen LogP) is 0.630. The van der Waals surface area contributed by atoms with Gasteiger partial charge in [0, 0.05) is 20.2 Å². The van der Waals surface area contributed by atoms with E-state index in [0.29, 0.717) is 12.5 Å². The quantitative estimate of drug-likeness (QED) is 0.634. The van der Waals surface area contributed by atoms with Crippen LogP contribution in [0.15, 0.2) is 9.59 Å². The molecule has 1 fully saturated rings. The summed E-state index contributed by atoms with van der Waals surface area (Å²) in [6.45, 7) is 6.98. The molecule has 1 aromatic heterocycles. The summed E-state index contributed by atoms with van der Waals surface area (Å²) in [5.74, 6) is 0.472. The van der Waals surface area contributed by atoms with Crippen LogP contribution in [0.4, 0.5) is 11.5 Å². The first-order valence-corrected chi connectivity index (χ1v) is 10.0. The summed E-state index contributed by atoms with van der Waals surface area (Å²) < 4.78 is 6.45. The number of amides is 1. The van der Waals surface area contributed by atoms with Crippen LogP contribution in [0.3, 0.4) is 0 Å². The molecule has 2 heterocycles. The van der Waals surface area contributed by atoms with Gasteiger partial charge >= 0.3 is 5.69 Å². The van der Waals surface area contributed by atoms with Crippen molar-refractivity contribution in [3.05, 3.63) is 20.8 Å². The molecule has 28 heavy (non-hydrogen) atoms. The summed E-state index contributed by atoms with van der Waals surface area (Å²) in [7, 11) is 1.53. The number of piperidine rings is 1. The van der Waals surface area contributed by atoms with E-state index in [1.807, 2.05) is 6.92 Å². The van der Waals surface area contributed by atoms with Gasteiger partial charge in [0.2, 0.25) is 5.91 Å². The van der Waals surface area contributed by atoms with Crippen LogP contribution in [-0.2, 0) is 16.1 Å². The average molecular weight is 396 g/mol. The first kappa shape index (κ1) is 22.2. The molecule has 0 atom stereocenters. The maximum atomic E-state index is 13.0. The minimum Gasteiger partial charge on any atom is -0.383 e. The normalized spacial score (nSPS) is 15.7. The van der Waals surface area contributed by atoms with Crippen molar-refractivity contribution in [2.75, 3.05) is 50.5 Å². The molecule has 0 unspecified atom stereocenters. The standard InChI is InChI=1S/C19H33N5O4/c1-4-5-8-24-17(20)16(18(26)21-19(24)27)23(11-12-28-3)15(25)13-22-9-6-14(2)7-10-22/h14H,4-13,20H2,1-3H3,(H,21,26,27). The van der Waals surface area contributed by atoms with Crippen molar-refractivity contribution in [2.45, 2.75) is 46.1 Å². The van der Waals surface area contributed by atoms with Crippen molar-refractivity contribution in [3.8, 4) is 0 Å². The maximum absolute atomic E-state index is 13.0. The van der Waals surface area contributed by atoms with Crippen molar-refractivity contribution in [1.29, 1.82) is 0 Å². The summed E-state index contributed by atoms with van der Waals surface area (Å²) >= 11 is 0. The molecule has 1 aliphatic heterocycles. The van der Waals surface area contributed by atoms with E-state index < -0.39 is 11.2 Å². The first-order chi connectivity index (χ1) is 13.4. The van der Waals surface area contributed by atoms with Gasteiger partial charge in [-0.15, -0.1) is 0 Å². The number of nitrogen functional groups attached to an aromatic ring is 1. The Kier molecular flexibility index (Phi) is 8.25. The van der Waals surface area contributed by atoms with Crippen LogP contribution in [0.1, 0.15) is 39.5 Å². The van der Waals surface area contributed by atoms with Crippen LogP contribution in [0.25, 0.3) is 0 Å². The fourth-order valence-electron chi connectivity index (χ4n) is 3.42. The van der Waals surface area contributed by atoms with E-state index in [-0.39, 0.29) is 37.1 Å². The van der Waals surface area contributed by atoms with Crippen molar-refractivity contribution in [2.24, 2.45) is 5.92 Å². The molecule has 3 N–H and O–H groups in total. The molecule has 0 aliphatic carbocycles. The van der Waals surface area contributed by atoms with Crippen LogP contribution in [0.5, 0.6) is 0 Å². The van der Waals surface area contributed by atoms with Crippen LogP contribution in [0, 0.1) is 5.92 Å². The highest BCUT2D eigenvalue weighted by Crippen LogP contribution is 2.19. The molecule has 0 spiro atoms. The smallest absolute Gasteiger partial charge is 0.330 e. The lowest BCUT2D eigenvalue weighted by molar-refractivity contribution is -0.120. The summed E-state index contributed by atoms with van der Waals surface area (Å²) in [6, 6.07) is 0. The first-order valence-electron chi connectivity index (χ1n) is 10.0. The van der Waals surface area contributed by atoms with E-state index in [2.05, 4.69) is 16.8 Å². The van der Waals surface area contributed by atoms with Gasteiger partial charge < -0.3 is 15.4 Å². The van der Waals surface area contributed by atoms with Gasteiger partial charge in [0.1, 0.15) is 5.82 Å². The third-order valence-electron chi connectivity index (χ3n) is 5.27. The highest BCUT2D eigenvalue weighted by Gasteiger charge is 2.26. The lowest BCUT2D eigenvalue weighted by Crippen LogP contribution is -2.47. The summed E-state index contributed by atoms with van der Waals surface area (Å²) in [5.41, 5.74) is 5.01. The van der Waals surface area contributed by atoms with Gasteiger partial charge in [0.05, 0.1) is 13.2 Å². The van der Waals surface area contributed by atoms with Crippen LogP contribution in [0.2, 0.25) is 0 Å². The number of nitrogens with one attached hydrogen (secondary N) is 1. The Hall–Kier alpha value is -2.13. The Morgan fingerprint density at radius 2 is 2.00 bits per heavy atom. The van der Waals surface area contributed by atoms with Crippen LogP contribution in [-0.4, -0.2) is 60.3 Å².